The Balaban J connectivity index is 1.43. The number of aryl methyl sites for hydroxylation is 1. The Morgan fingerprint density at radius 2 is 1.89 bits per heavy atom. The molecule has 37 heavy (non-hydrogen) atoms. The van der Waals surface area contributed by atoms with Gasteiger partial charge in [0.2, 0.25) is 0 Å². The minimum Gasteiger partial charge on any atom is -0.369 e. The second-order valence-corrected chi connectivity index (χ2v) is 10.2. The van der Waals surface area contributed by atoms with E-state index in [1.54, 1.807) is 12.1 Å². The number of aromatic nitrogens is 1. The number of nitrogens with one attached hydrogen (secondary N) is 3. The van der Waals surface area contributed by atoms with E-state index in [1.165, 1.54) is 5.56 Å². The first kappa shape index (κ1) is 24.8. The minimum atomic E-state index is -0.171. The fourth-order valence-corrected chi connectivity index (χ4v) is 5.56. The molecule has 3 aromatic rings. The number of nitrogens with zero attached hydrogens (tertiary/aromatic N) is 2. The average Bonchev–Trinajstić information content (AvgIpc) is 2.89. The number of thiocarbonyl (C=S) groups is 1. The molecule has 2 aliphatic rings. The molecule has 0 unspecified atom stereocenters. The van der Waals surface area contributed by atoms with Gasteiger partial charge in [0.1, 0.15) is 0 Å². The molecule has 7 nitrogen and oxygen atoms in total. The van der Waals surface area contributed by atoms with Gasteiger partial charge in [0.25, 0.3) is 11.5 Å². The van der Waals surface area contributed by atoms with Crippen LogP contribution in [-0.2, 0) is 6.54 Å². The van der Waals surface area contributed by atoms with Crippen LogP contribution in [0.15, 0.2) is 78.1 Å². The fraction of sp³-hybridized carbons (Fsp3) is 0.276. The summed E-state index contributed by atoms with van der Waals surface area (Å²) in [5, 5.41) is 9.87. The van der Waals surface area contributed by atoms with Crippen molar-refractivity contribution in [3.8, 4) is 0 Å². The van der Waals surface area contributed by atoms with Crippen LogP contribution in [0.2, 0.25) is 0 Å². The summed E-state index contributed by atoms with van der Waals surface area (Å²) in [7, 11) is 0. The Hall–Kier alpha value is -3.91. The first-order valence-corrected chi connectivity index (χ1v) is 12.9. The molecule has 1 fully saturated rings. The lowest BCUT2D eigenvalue weighted by Crippen LogP contribution is -2.47. The molecule has 0 aliphatic carbocycles. The van der Waals surface area contributed by atoms with E-state index in [-0.39, 0.29) is 17.4 Å². The summed E-state index contributed by atoms with van der Waals surface area (Å²) in [5.41, 5.74) is 5.52. The van der Waals surface area contributed by atoms with Crippen LogP contribution in [0.3, 0.4) is 0 Å². The van der Waals surface area contributed by atoms with Crippen molar-refractivity contribution in [1.29, 1.82) is 0 Å². The number of carbonyl (C=O) groups is 1. The molecule has 2 atom stereocenters. The summed E-state index contributed by atoms with van der Waals surface area (Å²) < 4.78 is 1.93. The number of fused-ring (bicyclic) bond motifs is 4. The minimum absolute atomic E-state index is 0.0745. The van der Waals surface area contributed by atoms with Gasteiger partial charge in [-0.2, -0.15) is 0 Å². The van der Waals surface area contributed by atoms with Crippen LogP contribution < -0.4 is 26.4 Å². The third-order valence-corrected chi connectivity index (χ3v) is 7.25. The summed E-state index contributed by atoms with van der Waals surface area (Å²) in [6.45, 7) is 8.44. The van der Waals surface area contributed by atoms with Gasteiger partial charge in [0.15, 0.2) is 5.11 Å². The van der Waals surface area contributed by atoms with Crippen molar-refractivity contribution in [1.82, 2.24) is 9.88 Å². The standard InChI is InChI=1S/C29H31N5O2S/c1-3-13-30-28(36)21-9-12-26(24(15-21)32-29(37)31-23-10-7-19(2)8-11-23)33-16-20-14-22(18-33)25-5-4-6-27(35)34(25)17-20/h3-12,15,20,22H,1,13-14,16-18H2,2H3,(H,30,36)(H2,31,32,37)/t20-,22+/m1/s1. The second kappa shape index (κ2) is 10.6. The van der Waals surface area contributed by atoms with Gasteiger partial charge in [0, 0.05) is 55.1 Å². The Morgan fingerprint density at radius 1 is 1.08 bits per heavy atom. The van der Waals surface area contributed by atoms with Crippen LogP contribution in [-0.4, -0.2) is 35.2 Å². The second-order valence-electron chi connectivity index (χ2n) is 9.78. The molecule has 5 rings (SSSR count). The van der Waals surface area contributed by atoms with Crippen LogP contribution >= 0.6 is 12.2 Å². The van der Waals surface area contributed by atoms with Crippen molar-refractivity contribution < 1.29 is 4.79 Å². The number of benzene rings is 2. The first-order chi connectivity index (χ1) is 17.9. The summed E-state index contributed by atoms with van der Waals surface area (Å²) in [5.74, 6) is 0.464. The molecule has 2 bridgehead atoms. The Morgan fingerprint density at radius 3 is 2.68 bits per heavy atom. The van der Waals surface area contributed by atoms with E-state index in [9.17, 15) is 9.59 Å². The number of pyridine rings is 1. The van der Waals surface area contributed by atoms with Gasteiger partial charge in [-0.05, 0) is 67.9 Å². The summed E-state index contributed by atoms with van der Waals surface area (Å²) >= 11 is 5.65. The zero-order chi connectivity index (χ0) is 25.9. The van der Waals surface area contributed by atoms with E-state index in [4.69, 9.17) is 12.2 Å². The fourth-order valence-electron chi connectivity index (χ4n) is 5.33. The highest BCUT2D eigenvalue weighted by atomic mass is 32.1. The monoisotopic (exact) mass is 513 g/mol. The number of hydrogen-bond acceptors (Lipinski definition) is 4. The lowest BCUT2D eigenvalue weighted by Gasteiger charge is -2.44. The molecular weight excluding hydrogens is 482 g/mol. The highest BCUT2D eigenvalue weighted by Gasteiger charge is 2.35. The smallest absolute Gasteiger partial charge is 0.251 e. The Kier molecular flexibility index (Phi) is 7.10. The number of amides is 1. The molecule has 2 aromatic carbocycles. The quantitative estimate of drug-likeness (QED) is 0.333. The van der Waals surface area contributed by atoms with E-state index < -0.39 is 0 Å². The topological polar surface area (TPSA) is 78.4 Å². The van der Waals surface area contributed by atoms with Crippen LogP contribution in [0.1, 0.15) is 34.0 Å². The zero-order valence-corrected chi connectivity index (χ0v) is 21.7. The van der Waals surface area contributed by atoms with Crippen molar-refractivity contribution in [3.05, 3.63) is 100 Å². The maximum atomic E-state index is 12.7. The van der Waals surface area contributed by atoms with E-state index in [0.717, 1.165) is 48.8 Å². The molecule has 1 aromatic heterocycles. The van der Waals surface area contributed by atoms with Crippen LogP contribution in [0.25, 0.3) is 0 Å². The molecule has 0 spiro atoms. The number of rotatable bonds is 6. The molecule has 3 heterocycles. The van der Waals surface area contributed by atoms with Crippen LogP contribution in [0.5, 0.6) is 0 Å². The predicted molar refractivity (Wildman–Crippen MR) is 154 cm³/mol. The predicted octanol–water partition coefficient (Wildman–Crippen LogP) is 4.51. The van der Waals surface area contributed by atoms with Gasteiger partial charge in [0.05, 0.1) is 11.4 Å². The van der Waals surface area contributed by atoms with Gasteiger partial charge < -0.3 is 25.4 Å². The highest BCUT2D eigenvalue weighted by Crippen LogP contribution is 2.39. The molecule has 0 radical (unpaired) electrons. The van der Waals surface area contributed by atoms with Crippen molar-refractivity contribution >= 4 is 40.3 Å². The maximum absolute atomic E-state index is 12.7. The number of carbonyl (C=O) groups excluding carboxylic acids is 1. The van der Waals surface area contributed by atoms with Crippen LogP contribution in [0, 0.1) is 12.8 Å². The Labute approximate surface area is 222 Å². The summed E-state index contributed by atoms with van der Waals surface area (Å²) in [4.78, 5) is 27.5. The molecule has 190 valence electrons. The molecule has 1 amide bonds. The third kappa shape index (κ3) is 5.44. The summed E-state index contributed by atoms with van der Waals surface area (Å²) in [6, 6.07) is 19.3. The van der Waals surface area contributed by atoms with E-state index in [1.807, 2.05) is 60.0 Å². The van der Waals surface area contributed by atoms with E-state index >= 15 is 0 Å². The molecule has 2 aliphatic heterocycles. The van der Waals surface area contributed by atoms with Gasteiger partial charge in [-0.15, -0.1) is 6.58 Å². The molecule has 8 heteroatoms. The van der Waals surface area contributed by atoms with E-state index in [0.29, 0.717) is 23.1 Å². The van der Waals surface area contributed by atoms with Gasteiger partial charge in [-0.25, -0.2) is 0 Å². The lowest BCUT2D eigenvalue weighted by atomic mass is 9.83. The third-order valence-electron chi connectivity index (χ3n) is 7.04. The number of piperidine rings is 1. The van der Waals surface area contributed by atoms with Crippen molar-refractivity contribution in [3.63, 3.8) is 0 Å². The van der Waals surface area contributed by atoms with Crippen LogP contribution in [0.4, 0.5) is 17.1 Å². The normalized spacial score (nSPS) is 17.9. The zero-order valence-electron chi connectivity index (χ0n) is 20.9. The van der Waals surface area contributed by atoms with E-state index in [2.05, 4.69) is 33.5 Å². The molecule has 0 saturated carbocycles. The van der Waals surface area contributed by atoms with Crippen molar-refractivity contribution in [2.24, 2.45) is 5.92 Å². The maximum Gasteiger partial charge on any atom is 0.251 e. The molecular formula is C29H31N5O2S. The van der Waals surface area contributed by atoms with Gasteiger partial charge in [-0.1, -0.05) is 29.8 Å². The largest absolute Gasteiger partial charge is 0.369 e. The van der Waals surface area contributed by atoms with Gasteiger partial charge >= 0.3 is 0 Å². The molecule has 1 saturated heterocycles. The average molecular weight is 514 g/mol. The highest BCUT2D eigenvalue weighted by molar-refractivity contribution is 7.80. The number of anilines is 3. The number of hydrogen-bond donors (Lipinski definition) is 3. The van der Waals surface area contributed by atoms with Gasteiger partial charge in [-0.3, -0.25) is 9.59 Å². The SMILES string of the molecule is C=CCNC(=O)c1ccc(N2C[C@H]3C[C@@H](C2)c2cccc(=O)n2C3)c(NC(=S)Nc2ccc(C)cc2)c1. The van der Waals surface area contributed by atoms with Crippen molar-refractivity contribution in [2.45, 2.75) is 25.8 Å². The first-order valence-electron chi connectivity index (χ1n) is 12.5. The summed E-state index contributed by atoms with van der Waals surface area (Å²) in [6.07, 6.45) is 2.72. The molecule has 3 N–H and O–H groups in total. The Bertz CT molecular complexity index is 1400. The van der Waals surface area contributed by atoms with Crippen molar-refractivity contribution in [2.75, 3.05) is 35.2 Å². The lowest BCUT2D eigenvalue weighted by molar-refractivity contribution is 0.0958.